The molecule has 0 spiro atoms. The van der Waals surface area contributed by atoms with Crippen molar-refractivity contribution in [1.29, 1.82) is 0 Å². The van der Waals surface area contributed by atoms with Gasteiger partial charge in [0.25, 0.3) is 0 Å². The van der Waals surface area contributed by atoms with Crippen molar-refractivity contribution >= 4 is 7.41 Å². The van der Waals surface area contributed by atoms with Crippen LogP contribution in [0.4, 0.5) is 0 Å². The molecule has 7 heavy (non-hydrogen) atoms. The van der Waals surface area contributed by atoms with E-state index in [2.05, 4.69) is 12.6 Å². The Balaban J connectivity index is 2.04. The van der Waals surface area contributed by atoms with Gasteiger partial charge in [-0.3, -0.25) is 0 Å². The normalized spacial score (nSPS) is 22.9. The molecule has 1 rings (SSSR count). The maximum absolute atomic E-state index is 3.22. The minimum atomic E-state index is 1.19. The maximum atomic E-state index is 3.22. The van der Waals surface area contributed by atoms with Crippen LogP contribution >= 0.6 is 0 Å². The highest BCUT2D eigenvalue weighted by atomic mass is 14.7. The lowest BCUT2D eigenvalue weighted by Gasteiger charge is -1.90. The number of nitrogens with one attached hydrogen (secondary N) is 1. The largest absolute Gasteiger partial charge is 0.360 e. The third kappa shape index (κ3) is 1.98. The second-order valence-corrected chi connectivity index (χ2v) is 2.01. The van der Waals surface area contributed by atoms with Crippen molar-refractivity contribution in [2.24, 2.45) is 0 Å². The van der Waals surface area contributed by atoms with Gasteiger partial charge >= 0.3 is 0 Å². The molecule has 0 amide bonds. The van der Waals surface area contributed by atoms with Gasteiger partial charge in [-0.05, 0) is 13.0 Å². The minimum Gasteiger partial charge on any atom is -0.360 e. The molecule has 0 aromatic carbocycles. The van der Waals surface area contributed by atoms with E-state index in [1.54, 1.807) is 0 Å². The SMILES string of the molecule is [B]1CCCCCN1. The fraction of sp³-hybridized carbons (Fsp3) is 1.00. The van der Waals surface area contributed by atoms with E-state index in [9.17, 15) is 0 Å². The summed E-state index contributed by atoms with van der Waals surface area (Å²) in [5, 5.41) is 3.22. The molecule has 1 fully saturated rings. The van der Waals surface area contributed by atoms with E-state index in [0.717, 1.165) is 0 Å². The summed E-state index contributed by atoms with van der Waals surface area (Å²) in [4.78, 5) is 0. The van der Waals surface area contributed by atoms with Crippen molar-refractivity contribution in [2.45, 2.75) is 25.6 Å². The van der Waals surface area contributed by atoms with E-state index in [1.165, 1.54) is 32.1 Å². The van der Waals surface area contributed by atoms with E-state index >= 15 is 0 Å². The summed E-state index contributed by atoms with van der Waals surface area (Å²) in [6, 6.07) is 0. The molecule has 0 unspecified atom stereocenters. The molecule has 0 saturated carbocycles. The van der Waals surface area contributed by atoms with E-state index in [-0.39, 0.29) is 0 Å². The Kier molecular flexibility index (Phi) is 2.28. The highest BCUT2D eigenvalue weighted by Gasteiger charge is 1.96. The summed E-state index contributed by atoms with van der Waals surface area (Å²) in [7, 11) is 2.17. The van der Waals surface area contributed by atoms with Crippen LogP contribution in [0.15, 0.2) is 0 Å². The van der Waals surface area contributed by atoms with Crippen LogP contribution in [0.25, 0.3) is 0 Å². The first kappa shape index (κ1) is 5.17. The minimum absolute atomic E-state index is 1.19. The first-order chi connectivity index (χ1) is 3.50. The van der Waals surface area contributed by atoms with Gasteiger partial charge in [0, 0.05) is 0 Å². The van der Waals surface area contributed by atoms with Gasteiger partial charge in [0.1, 0.15) is 0 Å². The third-order valence-corrected chi connectivity index (χ3v) is 1.31. The van der Waals surface area contributed by atoms with Crippen molar-refractivity contribution in [3.05, 3.63) is 0 Å². The highest BCUT2D eigenvalue weighted by Crippen LogP contribution is 2.00. The summed E-state index contributed by atoms with van der Waals surface area (Å²) in [5.74, 6) is 0. The van der Waals surface area contributed by atoms with Crippen LogP contribution in [0.3, 0.4) is 0 Å². The van der Waals surface area contributed by atoms with Crippen LogP contribution in [-0.2, 0) is 0 Å². The summed E-state index contributed by atoms with van der Waals surface area (Å²) in [6.07, 6.45) is 5.41. The predicted molar refractivity (Wildman–Crippen MR) is 32.4 cm³/mol. The number of rotatable bonds is 0. The average molecular weight is 96.0 g/mol. The van der Waals surface area contributed by atoms with Crippen LogP contribution in [-0.4, -0.2) is 14.0 Å². The molecule has 0 aromatic heterocycles. The Morgan fingerprint density at radius 2 is 2.14 bits per heavy atom. The van der Waals surface area contributed by atoms with Crippen molar-refractivity contribution < 1.29 is 0 Å². The summed E-state index contributed by atoms with van der Waals surface area (Å²) in [6.45, 7) is 1.19. The second-order valence-electron chi connectivity index (χ2n) is 2.01. The topological polar surface area (TPSA) is 12.0 Å². The van der Waals surface area contributed by atoms with Gasteiger partial charge in [0.2, 0.25) is 7.41 Å². The van der Waals surface area contributed by atoms with Crippen molar-refractivity contribution in [2.75, 3.05) is 6.54 Å². The second kappa shape index (κ2) is 3.08. The van der Waals surface area contributed by atoms with E-state index in [0.29, 0.717) is 0 Å². The molecular formula is C5H11BN. The van der Waals surface area contributed by atoms with Gasteiger partial charge in [-0.1, -0.05) is 19.2 Å². The Labute approximate surface area is 45.8 Å². The molecule has 0 bridgehead atoms. The molecule has 0 aliphatic carbocycles. The molecule has 0 aromatic rings. The number of hydrogen-bond donors (Lipinski definition) is 1. The lowest BCUT2D eigenvalue weighted by molar-refractivity contribution is 0.730. The molecule has 39 valence electrons. The molecule has 1 radical (unpaired) electrons. The number of hydrogen-bond acceptors (Lipinski definition) is 1. The van der Waals surface area contributed by atoms with Crippen LogP contribution in [0.1, 0.15) is 19.3 Å². The highest BCUT2D eigenvalue weighted by molar-refractivity contribution is 6.32. The van der Waals surface area contributed by atoms with Gasteiger partial charge in [-0.25, -0.2) is 0 Å². The summed E-state index contributed by atoms with van der Waals surface area (Å²) in [5.41, 5.74) is 0. The Morgan fingerprint density at radius 3 is 3.14 bits per heavy atom. The monoisotopic (exact) mass is 96.1 g/mol. The summed E-state index contributed by atoms with van der Waals surface area (Å²) < 4.78 is 0. The van der Waals surface area contributed by atoms with Gasteiger partial charge < -0.3 is 5.23 Å². The third-order valence-electron chi connectivity index (χ3n) is 1.31. The first-order valence-corrected chi connectivity index (χ1v) is 3.05. The van der Waals surface area contributed by atoms with E-state index in [1.807, 2.05) is 0 Å². The fourth-order valence-corrected chi connectivity index (χ4v) is 0.854. The summed E-state index contributed by atoms with van der Waals surface area (Å²) >= 11 is 0. The maximum Gasteiger partial charge on any atom is 0.205 e. The standard InChI is InChI=1S/C5H11BN/c1-2-4-6-7-5-3-1/h7H,1-5H2. The molecule has 0 atom stereocenters. The van der Waals surface area contributed by atoms with Crippen LogP contribution in [0.2, 0.25) is 6.32 Å². The van der Waals surface area contributed by atoms with Crippen molar-refractivity contribution in [1.82, 2.24) is 5.23 Å². The van der Waals surface area contributed by atoms with Gasteiger partial charge in [0.15, 0.2) is 0 Å². The van der Waals surface area contributed by atoms with Crippen LogP contribution in [0, 0.1) is 0 Å². The predicted octanol–water partition coefficient (Wildman–Crippen LogP) is 0.797. The van der Waals surface area contributed by atoms with E-state index in [4.69, 9.17) is 0 Å². The molecule has 2 heteroatoms. The molecule has 1 N–H and O–H groups in total. The van der Waals surface area contributed by atoms with Crippen LogP contribution in [0.5, 0.6) is 0 Å². The quantitative estimate of drug-likeness (QED) is 0.439. The van der Waals surface area contributed by atoms with Gasteiger partial charge in [-0.15, -0.1) is 0 Å². The van der Waals surface area contributed by atoms with Crippen molar-refractivity contribution in [3.8, 4) is 0 Å². The Bertz CT molecular complexity index is 27.7. The fourth-order valence-electron chi connectivity index (χ4n) is 0.854. The lowest BCUT2D eigenvalue weighted by atomic mass is 9.88. The zero-order chi connectivity index (χ0) is 4.95. The van der Waals surface area contributed by atoms with Crippen LogP contribution < -0.4 is 5.23 Å². The van der Waals surface area contributed by atoms with E-state index < -0.39 is 0 Å². The first-order valence-electron chi connectivity index (χ1n) is 3.05. The molecular weight excluding hydrogens is 84.9 g/mol. The average Bonchev–Trinajstić information content (AvgIpc) is 1.90. The van der Waals surface area contributed by atoms with Gasteiger partial charge in [0.05, 0.1) is 0 Å². The molecule has 1 nitrogen and oxygen atoms in total. The van der Waals surface area contributed by atoms with Crippen molar-refractivity contribution in [3.63, 3.8) is 0 Å². The molecule has 1 aliphatic rings. The Hall–Kier alpha value is 0.0249. The lowest BCUT2D eigenvalue weighted by Crippen LogP contribution is -2.16. The zero-order valence-corrected chi connectivity index (χ0v) is 4.61. The Morgan fingerprint density at radius 1 is 1.14 bits per heavy atom. The molecule has 1 heterocycles. The zero-order valence-electron chi connectivity index (χ0n) is 4.61. The molecule has 1 saturated heterocycles. The smallest absolute Gasteiger partial charge is 0.205 e. The van der Waals surface area contributed by atoms with Gasteiger partial charge in [-0.2, -0.15) is 0 Å². The molecule has 1 aliphatic heterocycles.